The van der Waals surface area contributed by atoms with Crippen molar-refractivity contribution >= 4 is 23.2 Å². The minimum absolute atomic E-state index is 0.268. The van der Waals surface area contributed by atoms with Crippen molar-refractivity contribution in [1.82, 2.24) is 0 Å². The molecule has 0 aliphatic heterocycles. The first kappa shape index (κ1) is 17.0. The molecule has 4 bridgehead atoms. The molecule has 0 saturated heterocycles. The Morgan fingerprint density at radius 3 is 2.33 bits per heavy atom. The van der Waals surface area contributed by atoms with Gasteiger partial charge >= 0.3 is 0 Å². The molecule has 3 nitrogen and oxygen atoms in total. The van der Waals surface area contributed by atoms with Gasteiger partial charge in [-0.15, -0.1) is 0 Å². The fraction of sp³-hybridized carbons (Fsp3) is 0.684. The van der Waals surface area contributed by atoms with Gasteiger partial charge in [0.25, 0.3) is 0 Å². The summed E-state index contributed by atoms with van der Waals surface area (Å²) in [6.45, 7) is 0.974. The molecule has 5 heteroatoms. The molecule has 1 aromatic rings. The summed E-state index contributed by atoms with van der Waals surface area (Å²) in [5, 5.41) is 13.8. The summed E-state index contributed by atoms with van der Waals surface area (Å²) in [6.07, 6.45) is 7.90. The largest absolute Gasteiger partial charge is 0.489 e. The Morgan fingerprint density at radius 2 is 1.75 bits per heavy atom. The van der Waals surface area contributed by atoms with Crippen molar-refractivity contribution in [1.29, 1.82) is 0 Å². The van der Waals surface area contributed by atoms with Crippen LogP contribution in [0.3, 0.4) is 0 Å². The average Bonchev–Trinajstić information content (AvgIpc) is 2.51. The molecule has 0 amide bonds. The Kier molecular flexibility index (Phi) is 4.72. The zero-order valence-electron chi connectivity index (χ0n) is 13.9. The molecule has 0 heterocycles. The van der Waals surface area contributed by atoms with Crippen molar-refractivity contribution in [2.75, 3.05) is 13.2 Å². The van der Waals surface area contributed by atoms with Crippen LogP contribution in [0.2, 0.25) is 10.0 Å². The summed E-state index contributed by atoms with van der Waals surface area (Å²) in [4.78, 5) is 0. The van der Waals surface area contributed by atoms with Gasteiger partial charge in [-0.1, -0.05) is 23.2 Å². The highest BCUT2D eigenvalue weighted by Gasteiger charge is 2.53. The Hall–Kier alpha value is -0.480. The molecule has 5 rings (SSSR count). The van der Waals surface area contributed by atoms with Gasteiger partial charge in [0.15, 0.2) is 0 Å². The number of hydrogen-bond donors (Lipinski definition) is 2. The lowest BCUT2D eigenvalue weighted by Crippen LogP contribution is -3.00. The van der Waals surface area contributed by atoms with Crippen LogP contribution in [0.4, 0.5) is 0 Å². The van der Waals surface area contributed by atoms with Crippen LogP contribution in [0.15, 0.2) is 18.2 Å². The van der Waals surface area contributed by atoms with E-state index in [0.29, 0.717) is 27.9 Å². The maximum atomic E-state index is 10.3. The predicted octanol–water partition coefficient (Wildman–Crippen LogP) is 3.27. The first-order chi connectivity index (χ1) is 11.5. The van der Waals surface area contributed by atoms with E-state index in [2.05, 4.69) is 5.32 Å². The molecule has 24 heavy (non-hydrogen) atoms. The molecule has 0 aromatic heterocycles. The van der Waals surface area contributed by atoms with Crippen molar-refractivity contribution in [3.05, 3.63) is 28.2 Å². The smallest absolute Gasteiger partial charge is 0.138 e. The standard InChI is InChI=1S/C19H25Cl2NO2/c20-15-1-2-18(17(21)6-15)24-11-16(23)10-22-19-7-12-3-13(8-19)5-14(4-12)9-19/h1-2,6,12-14,16,22-23H,3-5,7-11H2/p+1/t12?,13?,14?,16-,19?/m1/s1. The Balaban J connectivity index is 1.28. The highest BCUT2D eigenvalue weighted by atomic mass is 35.5. The molecule has 132 valence electrons. The molecule has 1 atom stereocenters. The zero-order valence-corrected chi connectivity index (χ0v) is 15.4. The summed E-state index contributed by atoms with van der Waals surface area (Å²) < 4.78 is 5.66. The summed E-state index contributed by atoms with van der Waals surface area (Å²) in [5.74, 6) is 3.39. The highest BCUT2D eigenvalue weighted by Crippen LogP contribution is 2.54. The number of ether oxygens (including phenoxy) is 1. The van der Waals surface area contributed by atoms with Gasteiger partial charge in [-0.3, -0.25) is 0 Å². The quantitative estimate of drug-likeness (QED) is 0.806. The van der Waals surface area contributed by atoms with Crippen LogP contribution in [0.5, 0.6) is 5.75 Å². The van der Waals surface area contributed by atoms with E-state index in [4.69, 9.17) is 27.9 Å². The maximum Gasteiger partial charge on any atom is 0.138 e. The molecular weight excluding hydrogens is 345 g/mol. The third-order valence-electron chi connectivity index (χ3n) is 6.23. The lowest BCUT2D eigenvalue weighted by atomic mass is 9.53. The highest BCUT2D eigenvalue weighted by molar-refractivity contribution is 6.35. The number of aliphatic hydroxyl groups is 1. The van der Waals surface area contributed by atoms with E-state index >= 15 is 0 Å². The number of quaternary nitrogens is 1. The van der Waals surface area contributed by atoms with Gasteiger partial charge in [0.2, 0.25) is 0 Å². The second-order valence-corrected chi connectivity index (χ2v) is 9.10. The maximum absolute atomic E-state index is 10.3. The summed E-state index contributed by atoms with van der Waals surface area (Å²) >= 11 is 12.0. The number of benzene rings is 1. The molecule has 0 spiro atoms. The number of hydrogen-bond acceptors (Lipinski definition) is 2. The molecule has 4 fully saturated rings. The minimum atomic E-state index is -0.482. The van der Waals surface area contributed by atoms with Crippen LogP contribution in [-0.4, -0.2) is 29.9 Å². The second-order valence-electron chi connectivity index (χ2n) is 8.26. The Labute approximate surface area is 153 Å². The van der Waals surface area contributed by atoms with Gasteiger partial charge in [-0.2, -0.15) is 0 Å². The van der Waals surface area contributed by atoms with Crippen molar-refractivity contribution in [3.63, 3.8) is 0 Å². The minimum Gasteiger partial charge on any atom is -0.489 e. The molecule has 4 aliphatic rings. The molecule has 1 aromatic carbocycles. The third-order valence-corrected chi connectivity index (χ3v) is 6.76. The molecule has 4 aliphatic carbocycles. The normalized spacial score (nSPS) is 35.2. The number of rotatable bonds is 6. The van der Waals surface area contributed by atoms with Gasteiger partial charge in [0.05, 0.1) is 10.6 Å². The molecular formula is C19H26Cl2NO2+. The predicted molar refractivity (Wildman–Crippen MR) is 95.7 cm³/mol. The first-order valence-corrected chi connectivity index (χ1v) is 9.87. The second kappa shape index (κ2) is 6.68. The van der Waals surface area contributed by atoms with Gasteiger partial charge < -0.3 is 15.2 Å². The fourth-order valence-electron chi connectivity index (χ4n) is 5.66. The first-order valence-electron chi connectivity index (χ1n) is 9.12. The van der Waals surface area contributed by atoms with E-state index < -0.39 is 6.10 Å². The molecule has 0 radical (unpaired) electrons. The topological polar surface area (TPSA) is 46.1 Å². The van der Waals surface area contributed by atoms with Gasteiger partial charge in [0, 0.05) is 24.3 Å². The number of nitrogens with two attached hydrogens (primary N) is 1. The average molecular weight is 371 g/mol. The van der Waals surface area contributed by atoms with E-state index in [1.54, 1.807) is 18.2 Å². The van der Waals surface area contributed by atoms with Crippen LogP contribution in [-0.2, 0) is 0 Å². The van der Waals surface area contributed by atoms with Gasteiger partial charge in [-0.05, 0) is 55.2 Å². The van der Waals surface area contributed by atoms with Crippen molar-refractivity contribution < 1.29 is 15.2 Å². The van der Waals surface area contributed by atoms with Crippen LogP contribution in [0.1, 0.15) is 38.5 Å². The monoisotopic (exact) mass is 370 g/mol. The lowest BCUT2D eigenvalue weighted by Gasteiger charge is -2.54. The SMILES string of the molecule is O[C@H](C[NH2+]C12CC3CC(CC(C3)C1)C2)COc1ccc(Cl)cc1Cl. The van der Waals surface area contributed by atoms with Crippen LogP contribution < -0.4 is 10.1 Å². The Bertz CT molecular complexity index is 572. The van der Waals surface area contributed by atoms with Gasteiger partial charge in [0.1, 0.15) is 25.0 Å². The lowest BCUT2D eigenvalue weighted by molar-refractivity contribution is -0.743. The van der Waals surface area contributed by atoms with Crippen LogP contribution in [0, 0.1) is 17.8 Å². The summed E-state index contributed by atoms with van der Waals surface area (Å²) in [5.41, 5.74) is 0.396. The van der Waals surface area contributed by atoms with Gasteiger partial charge in [-0.25, -0.2) is 0 Å². The van der Waals surface area contributed by atoms with Crippen LogP contribution >= 0.6 is 23.2 Å². The zero-order chi connectivity index (χ0) is 16.7. The molecule has 0 unspecified atom stereocenters. The molecule has 3 N–H and O–H groups in total. The molecule has 4 saturated carbocycles. The van der Waals surface area contributed by atoms with E-state index in [1.165, 1.54) is 38.5 Å². The van der Waals surface area contributed by atoms with E-state index in [-0.39, 0.29) is 6.61 Å². The van der Waals surface area contributed by atoms with Crippen LogP contribution in [0.25, 0.3) is 0 Å². The summed E-state index contributed by atoms with van der Waals surface area (Å²) in [7, 11) is 0. The van der Waals surface area contributed by atoms with Crippen molar-refractivity contribution in [2.24, 2.45) is 17.8 Å². The Morgan fingerprint density at radius 1 is 1.12 bits per heavy atom. The summed E-state index contributed by atoms with van der Waals surface area (Å²) in [6, 6.07) is 5.16. The van der Waals surface area contributed by atoms with Crippen molar-refractivity contribution in [3.8, 4) is 5.75 Å². The van der Waals surface area contributed by atoms with E-state index in [0.717, 1.165) is 17.8 Å². The fourth-order valence-corrected chi connectivity index (χ4v) is 6.12. The number of aliphatic hydroxyl groups excluding tert-OH is 1. The van der Waals surface area contributed by atoms with Crippen molar-refractivity contribution in [2.45, 2.75) is 50.2 Å². The number of halogens is 2. The van der Waals surface area contributed by atoms with E-state index in [9.17, 15) is 5.11 Å². The van der Waals surface area contributed by atoms with E-state index in [1.807, 2.05) is 0 Å². The third kappa shape index (κ3) is 3.55.